The van der Waals surface area contributed by atoms with E-state index < -0.39 is 84.4 Å². The molecule has 4 atom stereocenters. The number of carboxylic acid groups (broad SMARTS) is 2. The zero-order valence-electron chi connectivity index (χ0n) is 19.5. The molecule has 15 nitrogen and oxygen atoms in total. The van der Waals surface area contributed by atoms with Crippen molar-refractivity contribution in [1.29, 1.82) is 0 Å². The quantitative estimate of drug-likeness (QED) is 0.106. The number of rotatable bonds is 16. The van der Waals surface area contributed by atoms with Gasteiger partial charge < -0.3 is 42.0 Å². The van der Waals surface area contributed by atoms with Gasteiger partial charge in [-0.2, -0.15) is 0 Å². The van der Waals surface area contributed by atoms with Crippen LogP contribution in [0.15, 0.2) is 0 Å². The predicted molar refractivity (Wildman–Crippen MR) is 117 cm³/mol. The number of hydrogen-bond acceptors (Lipinski definition) is 8. The van der Waals surface area contributed by atoms with Crippen molar-refractivity contribution in [1.82, 2.24) is 21.3 Å². The number of carbonyl (C=O) groups is 8. The second-order valence-electron chi connectivity index (χ2n) is 8.00. The Labute approximate surface area is 200 Å². The van der Waals surface area contributed by atoms with Gasteiger partial charge in [-0.25, -0.2) is 0 Å². The Balaban J connectivity index is 5.66. The number of aldehydes is 1. The summed E-state index contributed by atoms with van der Waals surface area (Å²) >= 11 is 0. The molecular formula is C20H31N5O10. The Morgan fingerprint density at radius 1 is 0.800 bits per heavy atom. The van der Waals surface area contributed by atoms with Crippen molar-refractivity contribution in [3.05, 3.63) is 0 Å². The van der Waals surface area contributed by atoms with E-state index in [2.05, 4.69) is 21.3 Å². The van der Waals surface area contributed by atoms with Crippen LogP contribution in [0.5, 0.6) is 0 Å². The second-order valence-corrected chi connectivity index (χ2v) is 8.00. The molecule has 0 saturated carbocycles. The van der Waals surface area contributed by atoms with Crippen LogP contribution in [-0.4, -0.2) is 82.1 Å². The number of hydrogen-bond donors (Lipinski definition) is 7. The van der Waals surface area contributed by atoms with Crippen molar-refractivity contribution in [2.24, 2.45) is 11.7 Å². The molecule has 196 valence electrons. The molecule has 0 rings (SSSR count). The smallest absolute Gasteiger partial charge is 0.305 e. The van der Waals surface area contributed by atoms with E-state index in [-0.39, 0.29) is 19.1 Å². The summed E-state index contributed by atoms with van der Waals surface area (Å²) in [5, 5.41) is 26.7. The molecule has 0 spiro atoms. The minimum Gasteiger partial charge on any atom is -0.481 e. The van der Waals surface area contributed by atoms with Gasteiger partial charge in [-0.05, 0) is 12.3 Å². The lowest BCUT2D eigenvalue weighted by atomic mass is 10.0. The lowest BCUT2D eigenvalue weighted by Crippen LogP contribution is -2.58. The SMILES string of the molecule is CC(=O)N[C@@H](CC(=O)O)C(=O)N[C@@H](CCC(N)=O)C(=O)N[C@H](C(=O)N[C@H](C=O)CC(=O)O)C(C)C. The van der Waals surface area contributed by atoms with Gasteiger partial charge in [0, 0.05) is 13.3 Å². The van der Waals surface area contributed by atoms with E-state index >= 15 is 0 Å². The fourth-order valence-corrected chi connectivity index (χ4v) is 2.84. The average molecular weight is 501 g/mol. The average Bonchev–Trinajstić information content (AvgIpc) is 2.71. The van der Waals surface area contributed by atoms with Crippen molar-refractivity contribution in [3.8, 4) is 0 Å². The summed E-state index contributed by atoms with van der Waals surface area (Å²) in [5.74, 6) is -7.63. The summed E-state index contributed by atoms with van der Waals surface area (Å²) in [6.07, 6.45) is -1.91. The van der Waals surface area contributed by atoms with Gasteiger partial charge in [0.25, 0.3) is 0 Å². The van der Waals surface area contributed by atoms with E-state index in [1.165, 1.54) is 0 Å². The normalized spacial score (nSPS) is 13.9. The third-order valence-electron chi connectivity index (χ3n) is 4.52. The number of aliphatic carboxylic acids is 2. The molecule has 15 heteroatoms. The molecule has 0 aromatic heterocycles. The molecule has 0 aromatic rings. The molecule has 0 unspecified atom stereocenters. The number of nitrogens with two attached hydrogens (primary N) is 1. The van der Waals surface area contributed by atoms with Crippen molar-refractivity contribution in [3.63, 3.8) is 0 Å². The number of carboxylic acids is 2. The van der Waals surface area contributed by atoms with Gasteiger partial charge in [-0.1, -0.05) is 13.8 Å². The molecule has 0 aliphatic heterocycles. The van der Waals surface area contributed by atoms with Crippen LogP contribution in [0.3, 0.4) is 0 Å². The lowest BCUT2D eigenvalue weighted by molar-refractivity contribution is -0.141. The largest absolute Gasteiger partial charge is 0.481 e. The fraction of sp³-hybridized carbons (Fsp3) is 0.600. The van der Waals surface area contributed by atoms with Crippen LogP contribution in [0.4, 0.5) is 0 Å². The second kappa shape index (κ2) is 15.0. The van der Waals surface area contributed by atoms with Crippen LogP contribution in [0.1, 0.15) is 46.5 Å². The molecule has 5 amide bonds. The van der Waals surface area contributed by atoms with Gasteiger partial charge in [0.1, 0.15) is 24.4 Å². The van der Waals surface area contributed by atoms with E-state index in [0.29, 0.717) is 0 Å². The maximum Gasteiger partial charge on any atom is 0.305 e. The highest BCUT2D eigenvalue weighted by molar-refractivity contribution is 5.96. The number of primary amides is 1. The predicted octanol–water partition coefficient (Wildman–Crippen LogP) is -2.98. The van der Waals surface area contributed by atoms with Gasteiger partial charge >= 0.3 is 11.9 Å². The number of amides is 5. The topological polar surface area (TPSA) is 251 Å². The molecule has 8 N–H and O–H groups in total. The first kappa shape index (κ1) is 31.0. The Kier molecular flexibility index (Phi) is 13.2. The maximum absolute atomic E-state index is 12.9. The van der Waals surface area contributed by atoms with Crippen molar-refractivity contribution in [2.75, 3.05) is 0 Å². The van der Waals surface area contributed by atoms with Crippen LogP contribution >= 0.6 is 0 Å². The Hall–Kier alpha value is -4.04. The van der Waals surface area contributed by atoms with E-state index in [1.54, 1.807) is 13.8 Å². The Morgan fingerprint density at radius 2 is 1.34 bits per heavy atom. The first-order valence-corrected chi connectivity index (χ1v) is 10.5. The highest BCUT2D eigenvalue weighted by Gasteiger charge is 2.32. The van der Waals surface area contributed by atoms with E-state index in [1.807, 2.05) is 0 Å². The minimum absolute atomic E-state index is 0.228. The first-order chi connectivity index (χ1) is 16.2. The van der Waals surface area contributed by atoms with Crippen LogP contribution in [0.2, 0.25) is 0 Å². The molecule has 0 aliphatic rings. The maximum atomic E-state index is 12.9. The van der Waals surface area contributed by atoms with Gasteiger partial charge in [-0.3, -0.25) is 33.6 Å². The van der Waals surface area contributed by atoms with E-state index in [4.69, 9.17) is 15.9 Å². The van der Waals surface area contributed by atoms with Crippen LogP contribution in [0.25, 0.3) is 0 Å². The van der Waals surface area contributed by atoms with Gasteiger partial charge in [0.05, 0.1) is 18.9 Å². The van der Waals surface area contributed by atoms with Crippen molar-refractivity contribution >= 4 is 47.8 Å². The third-order valence-corrected chi connectivity index (χ3v) is 4.52. The van der Waals surface area contributed by atoms with E-state index in [9.17, 15) is 38.4 Å². The number of nitrogens with one attached hydrogen (secondary N) is 4. The number of carbonyl (C=O) groups excluding carboxylic acids is 6. The van der Waals surface area contributed by atoms with Gasteiger partial charge in [0.15, 0.2) is 0 Å². The minimum atomic E-state index is -1.53. The van der Waals surface area contributed by atoms with E-state index in [0.717, 1.165) is 6.92 Å². The fourth-order valence-electron chi connectivity index (χ4n) is 2.84. The molecule has 0 aromatic carbocycles. The summed E-state index contributed by atoms with van der Waals surface area (Å²) in [6, 6.07) is -5.59. The van der Waals surface area contributed by atoms with Crippen LogP contribution in [0, 0.1) is 5.92 Å². The third kappa shape index (κ3) is 12.7. The van der Waals surface area contributed by atoms with Crippen LogP contribution < -0.4 is 27.0 Å². The van der Waals surface area contributed by atoms with Crippen LogP contribution in [-0.2, 0) is 38.4 Å². The summed E-state index contributed by atoms with van der Waals surface area (Å²) < 4.78 is 0. The first-order valence-electron chi connectivity index (χ1n) is 10.5. The molecular weight excluding hydrogens is 470 g/mol. The van der Waals surface area contributed by atoms with Crippen molar-refractivity contribution < 1.29 is 48.6 Å². The van der Waals surface area contributed by atoms with Gasteiger partial charge in [-0.15, -0.1) is 0 Å². The summed E-state index contributed by atoms with van der Waals surface area (Å²) in [6.45, 7) is 4.16. The van der Waals surface area contributed by atoms with Crippen molar-refractivity contribution in [2.45, 2.75) is 70.6 Å². The lowest BCUT2D eigenvalue weighted by Gasteiger charge is -2.27. The summed E-state index contributed by atoms with van der Waals surface area (Å²) in [5.41, 5.74) is 5.11. The molecule has 0 aliphatic carbocycles. The molecule has 0 fully saturated rings. The highest BCUT2D eigenvalue weighted by atomic mass is 16.4. The molecule has 0 bridgehead atoms. The Morgan fingerprint density at radius 3 is 1.77 bits per heavy atom. The zero-order valence-corrected chi connectivity index (χ0v) is 19.5. The standard InChI is InChI=1S/C20H31N5O10/c1-9(2)17(20(35)23-11(8-26)6-15(29)30)25-18(33)12(4-5-14(21)28)24-19(34)13(7-16(31)32)22-10(3)27/h8-9,11-13,17H,4-7H2,1-3H3,(H2,21,28)(H,22,27)(H,23,35)(H,24,34)(H,25,33)(H,29,30)(H,31,32)/t11-,12-,13-,17-/m0/s1. The summed E-state index contributed by atoms with van der Waals surface area (Å²) in [4.78, 5) is 93.5. The zero-order chi connectivity index (χ0) is 27.3. The Bertz CT molecular complexity index is 828. The molecule has 0 heterocycles. The van der Waals surface area contributed by atoms with Gasteiger partial charge in [0.2, 0.25) is 29.5 Å². The molecule has 0 radical (unpaired) electrons. The molecule has 35 heavy (non-hydrogen) atoms. The highest BCUT2D eigenvalue weighted by Crippen LogP contribution is 2.07. The molecule has 0 saturated heterocycles. The summed E-state index contributed by atoms with van der Waals surface area (Å²) in [7, 11) is 0. The monoisotopic (exact) mass is 501 g/mol.